The molecule has 1 aliphatic heterocycles. The number of nitrogens with one attached hydrogen (secondary N) is 1. The largest absolute Gasteiger partial charge is 0.497 e. The summed E-state index contributed by atoms with van der Waals surface area (Å²) >= 11 is 0. The van der Waals surface area contributed by atoms with Gasteiger partial charge in [-0.25, -0.2) is 4.99 Å². The SMILES string of the molecule is COc1ccc2c(c1)C=CN=C(C)N2. The Kier molecular flexibility index (Phi) is 2.23. The van der Waals surface area contributed by atoms with E-state index in [-0.39, 0.29) is 0 Å². The number of methoxy groups -OCH3 is 1. The zero-order chi connectivity index (χ0) is 9.97. The molecule has 0 aliphatic carbocycles. The lowest BCUT2D eigenvalue weighted by molar-refractivity contribution is 0.415. The van der Waals surface area contributed by atoms with Gasteiger partial charge in [-0.1, -0.05) is 0 Å². The molecule has 0 fully saturated rings. The first-order valence-electron chi connectivity index (χ1n) is 4.45. The first-order chi connectivity index (χ1) is 6.79. The second-order valence-corrected chi connectivity index (χ2v) is 3.11. The third-order valence-electron chi connectivity index (χ3n) is 2.10. The van der Waals surface area contributed by atoms with Gasteiger partial charge in [0.2, 0.25) is 0 Å². The second-order valence-electron chi connectivity index (χ2n) is 3.11. The van der Waals surface area contributed by atoms with Gasteiger partial charge >= 0.3 is 0 Å². The highest BCUT2D eigenvalue weighted by Crippen LogP contribution is 2.24. The predicted octanol–water partition coefficient (Wildman–Crippen LogP) is 2.51. The van der Waals surface area contributed by atoms with E-state index in [1.807, 2.05) is 31.2 Å². The lowest BCUT2D eigenvalue weighted by Crippen LogP contribution is -2.06. The monoisotopic (exact) mass is 188 g/mol. The molecule has 0 atom stereocenters. The molecule has 72 valence electrons. The third-order valence-corrected chi connectivity index (χ3v) is 2.10. The Labute approximate surface area is 83.1 Å². The summed E-state index contributed by atoms with van der Waals surface area (Å²) in [6.45, 7) is 1.93. The number of aliphatic imine (C=N–C) groups is 1. The van der Waals surface area contributed by atoms with Crippen LogP contribution in [0.15, 0.2) is 29.4 Å². The Balaban J connectivity index is 2.44. The van der Waals surface area contributed by atoms with Crippen molar-refractivity contribution in [3.8, 4) is 5.75 Å². The molecule has 0 saturated carbocycles. The standard InChI is InChI=1S/C11H12N2O/c1-8-12-6-5-9-7-10(14-2)3-4-11(9)13-8/h3-7H,1-2H3,(H,12,13). The number of rotatable bonds is 1. The van der Waals surface area contributed by atoms with E-state index in [2.05, 4.69) is 10.3 Å². The molecule has 0 amide bonds. The van der Waals surface area contributed by atoms with E-state index in [1.165, 1.54) is 0 Å². The van der Waals surface area contributed by atoms with Crippen molar-refractivity contribution < 1.29 is 4.74 Å². The lowest BCUT2D eigenvalue weighted by atomic mass is 10.1. The van der Waals surface area contributed by atoms with Gasteiger partial charge in [0.05, 0.1) is 7.11 Å². The van der Waals surface area contributed by atoms with E-state index >= 15 is 0 Å². The predicted molar refractivity (Wildman–Crippen MR) is 58.8 cm³/mol. The molecule has 0 unspecified atom stereocenters. The van der Waals surface area contributed by atoms with Crippen molar-refractivity contribution in [3.63, 3.8) is 0 Å². The second kappa shape index (κ2) is 3.54. The van der Waals surface area contributed by atoms with Crippen molar-refractivity contribution in [2.24, 2.45) is 4.99 Å². The summed E-state index contributed by atoms with van der Waals surface area (Å²) in [5.74, 6) is 1.75. The molecule has 1 N–H and O–H groups in total. The average Bonchev–Trinajstić information content (AvgIpc) is 2.37. The van der Waals surface area contributed by atoms with E-state index in [0.29, 0.717) is 0 Å². The van der Waals surface area contributed by atoms with Gasteiger partial charge in [0.15, 0.2) is 0 Å². The van der Waals surface area contributed by atoms with Crippen molar-refractivity contribution in [1.29, 1.82) is 0 Å². The fraction of sp³-hybridized carbons (Fsp3) is 0.182. The minimum absolute atomic E-state index is 0.856. The molecule has 0 spiro atoms. The van der Waals surface area contributed by atoms with Crippen LogP contribution in [0.2, 0.25) is 0 Å². The normalized spacial score (nSPS) is 13.7. The molecule has 0 radical (unpaired) electrons. The van der Waals surface area contributed by atoms with Crippen molar-refractivity contribution in [1.82, 2.24) is 0 Å². The maximum absolute atomic E-state index is 5.15. The molecule has 1 aromatic rings. The van der Waals surface area contributed by atoms with E-state index in [1.54, 1.807) is 13.3 Å². The molecule has 0 saturated heterocycles. The number of fused-ring (bicyclic) bond motifs is 1. The van der Waals surface area contributed by atoms with Gasteiger partial charge in [-0.2, -0.15) is 0 Å². The Morgan fingerprint density at radius 2 is 2.21 bits per heavy atom. The van der Waals surface area contributed by atoms with Crippen molar-refractivity contribution in [2.75, 3.05) is 12.4 Å². The van der Waals surface area contributed by atoms with Crippen molar-refractivity contribution in [2.45, 2.75) is 6.92 Å². The summed E-state index contributed by atoms with van der Waals surface area (Å²) in [5, 5.41) is 3.21. The molecule has 3 nitrogen and oxygen atoms in total. The van der Waals surface area contributed by atoms with E-state index in [0.717, 1.165) is 22.8 Å². The molecule has 1 aliphatic rings. The molecule has 1 aromatic carbocycles. The average molecular weight is 188 g/mol. The third kappa shape index (κ3) is 1.62. The van der Waals surface area contributed by atoms with E-state index in [9.17, 15) is 0 Å². The fourth-order valence-electron chi connectivity index (χ4n) is 1.38. The minimum atomic E-state index is 0.856. The van der Waals surface area contributed by atoms with Crippen LogP contribution in [0.1, 0.15) is 12.5 Å². The minimum Gasteiger partial charge on any atom is -0.497 e. The zero-order valence-electron chi connectivity index (χ0n) is 8.24. The maximum atomic E-state index is 5.15. The topological polar surface area (TPSA) is 33.6 Å². The van der Waals surface area contributed by atoms with E-state index < -0.39 is 0 Å². The highest BCUT2D eigenvalue weighted by molar-refractivity contribution is 5.97. The van der Waals surface area contributed by atoms with Gasteiger partial charge < -0.3 is 10.1 Å². The molecular formula is C11H12N2O. The lowest BCUT2D eigenvalue weighted by Gasteiger charge is -2.08. The quantitative estimate of drug-likeness (QED) is 0.734. The molecule has 2 rings (SSSR count). The van der Waals surface area contributed by atoms with Crippen LogP contribution in [0.4, 0.5) is 5.69 Å². The number of ether oxygens (including phenoxy) is 1. The van der Waals surface area contributed by atoms with Crippen LogP contribution >= 0.6 is 0 Å². The summed E-state index contributed by atoms with van der Waals surface area (Å²) < 4.78 is 5.15. The summed E-state index contributed by atoms with van der Waals surface area (Å²) in [6, 6.07) is 5.90. The van der Waals surface area contributed by atoms with Crippen molar-refractivity contribution >= 4 is 17.6 Å². The molecule has 3 heteroatoms. The maximum Gasteiger partial charge on any atom is 0.119 e. The van der Waals surface area contributed by atoms with Crippen LogP contribution in [0.25, 0.3) is 6.08 Å². The number of amidine groups is 1. The molecule has 14 heavy (non-hydrogen) atoms. The van der Waals surface area contributed by atoms with Gasteiger partial charge in [-0.3, -0.25) is 0 Å². The van der Waals surface area contributed by atoms with Gasteiger partial charge in [-0.15, -0.1) is 0 Å². The van der Waals surface area contributed by atoms with Crippen LogP contribution in [0.3, 0.4) is 0 Å². The molecule has 0 bridgehead atoms. The molecule has 0 aromatic heterocycles. The number of benzene rings is 1. The summed E-state index contributed by atoms with van der Waals surface area (Å²) in [7, 11) is 1.66. The van der Waals surface area contributed by atoms with E-state index in [4.69, 9.17) is 4.74 Å². The summed E-state index contributed by atoms with van der Waals surface area (Å²) in [5.41, 5.74) is 2.14. The van der Waals surface area contributed by atoms with Gasteiger partial charge in [0.25, 0.3) is 0 Å². The number of nitrogens with zero attached hydrogens (tertiary/aromatic N) is 1. The van der Waals surface area contributed by atoms with Crippen LogP contribution in [0.5, 0.6) is 5.75 Å². The Morgan fingerprint density at radius 3 is 3.00 bits per heavy atom. The summed E-state index contributed by atoms with van der Waals surface area (Å²) in [4.78, 5) is 4.18. The number of hydrogen-bond donors (Lipinski definition) is 1. The Morgan fingerprint density at radius 1 is 1.36 bits per heavy atom. The smallest absolute Gasteiger partial charge is 0.119 e. The first-order valence-corrected chi connectivity index (χ1v) is 4.45. The Hall–Kier alpha value is -1.77. The number of hydrogen-bond acceptors (Lipinski definition) is 3. The van der Waals surface area contributed by atoms with Crippen LogP contribution in [-0.4, -0.2) is 12.9 Å². The molecular weight excluding hydrogens is 176 g/mol. The highest BCUT2D eigenvalue weighted by atomic mass is 16.5. The van der Waals surface area contributed by atoms with Gasteiger partial charge in [0.1, 0.15) is 11.6 Å². The molecule has 1 heterocycles. The van der Waals surface area contributed by atoms with Crippen LogP contribution in [-0.2, 0) is 0 Å². The zero-order valence-corrected chi connectivity index (χ0v) is 8.24. The highest BCUT2D eigenvalue weighted by Gasteiger charge is 2.04. The van der Waals surface area contributed by atoms with Gasteiger partial charge in [0, 0.05) is 17.5 Å². The van der Waals surface area contributed by atoms with Crippen LogP contribution < -0.4 is 10.1 Å². The van der Waals surface area contributed by atoms with Gasteiger partial charge in [-0.05, 0) is 31.2 Å². The van der Waals surface area contributed by atoms with Crippen molar-refractivity contribution in [3.05, 3.63) is 30.0 Å². The van der Waals surface area contributed by atoms with Crippen LogP contribution in [0, 0.1) is 0 Å². The Bertz CT molecular complexity index is 408. The number of anilines is 1. The first kappa shape index (κ1) is 8.81. The summed E-state index contributed by atoms with van der Waals surface area (Å²) in [6.07, 6.45) is 3.74. The fourth-order valence-corrected chi connectivity index (χ4v) is 1.38.